The minimum atomic E-state index is -0.382. The van der Waals surface area contributed by atoms with Crippen LogP contribution in [0.3, 0.4) is 0 Å². The Labute approximate surface area is 102 Å². The molecule has 3 N–H and O–H groups in total. The summed E-state index contributed by atoms with van der Waals surface area (Å²) in [7, 11) is 0. The van der Waals surface area contributed by atoms with Gasteiger partial charge in [0.2, 0.25) is 5.91 Å². The molecule has 1 aromatic heterocycles. The first-order chi connectivity index (χ1) is 7.82. The van der Waals surface area contributed by atoms with E-state index in [0.717, 1.165) is 17.0 Å². The van der Waals surface area contributed by atoms with Crippen molar-refractivity contribution < 1.29 is 4.79 Å². The molecule has 1 aromatic rings. The number of nitrogens with one attached hydrogen (secondary N) is 1. The van der Waals surface area contributed by atoms with Crippen LogP contribution >= 0.6 is 0 Å². The van der Waals surface area contributed by atoms with Crippen LogP contribution < -0.4 is 11.1 Å². The van der Waals surface area contributed by atoms with Crippen LogP contribution in [0, 0.1) is 20.8 Å². The largest absolute Gasteiger partial charge is 0.368 e. The summed E-state index contributed by atoms with van der Waals surface area (Å²) >= 11 is 0. The van der Waals surface area contributed by atoms with Crippen molar-refractivity contribution in [1.82, 2.24) is 15.1 Å². The summed E-state index contributed by atoms with van der Waals surface area (Å²) in [4.78, 5) is 11.4. The molecule has 0 aliphatic heterocycles. The van der Waals surface area contributed by atoms with Crippen molar-refractivity contribution in [3.05, 3.63) is 17.0 Å². The van der Waals surface area contributed by atoms with Gasteiger partial charge in [0.05, 0.1) is 12.2 Å². The quantitative estimate of drug-likeness (QED) is 0.791. The number of aryl methyl sites for hydroxylation is 1. The minimum absolute atomic E-state index is 0.213. The number of hydrogen-bond acceptors (Lipinski definition) is 3. The summed E-state index contributed by atoms with van der Waals surface area (Å²) in [5, 5.41) is 7.56. The number of nitrogens with zero attached hydrogens (tertiary/aromatic N) is 2. The molecule has 5 nitrogen and oxygen atoms in total. The van der Waals surface area contributed by atoms with Gasteiger partial charge in [-0.25, -0.2) is 0 Å². The Balaban J connectivity index is 2.86. The molecule has 1 unspecified atom stereocenters. The standard InChI is InChI=1S/C12H22N4O/c1-7(2)14-11(12(13)17)6-16-10(5)8(3)9(4)15-16/h7,11,14H,6H2,1-5H3,(H2,13,17). The van der Waals surface area contributed by atoms with Crippen LogP contribution in [0.1, 0.15) is 30.8 Å². The SMILES string of the molecule is Cc1nn(CC(NC(C)C)C(N)=O)c(C)c1C. The van der Waals surface area contributed by atoms with E-state index in [1.54, 1.807) is 0 Å². The van der Waals surface area contributed by atoms with Gasteiger partial charge < -0.3 is 11.1 Å². The van der Waals surface area contributed by atoms with Crippen molar-refractivity contribution in [2.24, 2.45) is 5.73 Å². The third-order valence-electron chi connectivity index (χ3n) is 2.98. The highest BCUT2D eigenvalue weighted by molar-refractivity contribution is 5.79. The van der Waals surface area contributed by atoms with Crippen LogP contribution in [0.2, 0.25) is 0 Å². The van der Waals surface area contributed by atoms with E-state index in [9.17, 15) is 4.79 Å². The van der Waals surface area contributed by atoms with Crippen molar-refractivity contribution in [1.29, 1.82) is 0 Å². The second-order valence-electron chi connectivity index (χ2n) is 4.75. The first-order valence-corrected chi connectivity index (χ1v) is 5.89. The van der Waals surface area contributed by atoms with Crippen LogP contribution in [0.25, 0.3) is 0 Å². The van der Waals surface area contributed by atoms with Crippen LogP contribution in [-0.2, 0) is 11.3 Å². The molecule has 1 rings (SSSR count). The van der Waals surface area contributed by atoms with E-state index in [2.05, 4.69) is 10.4 Å². The molecular weight excluding hydrogens is 216 g/mol. The van der Waals surface area contributed by atoms with Gasteiger partial charge in [-0.15, -0.1) is 0 Å². The monoisotopic (exact) mass is 238 g/mol. The van der Waals surface area contributed by atoms with E-state index in [4.69, 9.17) is 5.73 Å². The van der Waals surface area contributed by atoms with Crippen molar-refractivity contribution in [2.45, 2.75) is 53.2 Å². The summed E-state index contributed by atoms with van der Waals surface area (Å²) in [6.45, 7) is 10.5. The zero-order valence-electron chi connectivity index (χ0n) is 11.2. The molecule has 0 spiro atoms. The lowest BCUT2D eigenvalue weighted by atomic mass is 10.2. The van der Waals surface area contributed by atoms with Crippen LogP contribution in [0.4, 0.5) is 0 Å². The molecule has 5 heteroatoms. The second-order valence-corrected chi connectivity index (χ2v) is 4.75. The molecule has 0 fully saturated rings. The Morgan fingerprint density at radius 1 is 1.41 bits per heavy atom. The molecular formula is C12H22N4O. The van der Waals surface area contributed by atoms with Gasteiger partial charge >= 0.3 is 0 Å². The van der Waals surface area contributed by atoms with E-state index in [0.29, 0.717) is 6.54 Å². The van der Waals surface area contributed by atoms with Crippen molar-refractivity contribution in [2.75, 3.05) is 0 Å². The maximum absolute atomic E-state index is 11.4. The minimum Gasteiger partial charge on any atom is -0.368 e. The summed E-state index contributed by atoms with van der Waals surface area (Å²) in [5.41, 5.74) is 8.63. The van der Waals surface area contributed by atoms with Crippen LogP contribution in [0.5, 0.6) is 0 Å². The fourth-order valence-corrected chi connectivity index (χ4v) is 1.76. The highest BCUT2D eigenvalue weighted by atomic mass is 16.1. The number of carbonyl (C=O) groups is 1. The van der Waals surface area contributed by atoms with Gasteiger partial charge in [0.1, 0.15) is 6.04 Å². The van der Waals surface area contributed by atoms with E-state index >= 15 is 0 Å². The van der Waals surface area contributed by atoms with Gasteiger partial charge in [-0.05, 0) is 26.3 Å². The molecule has 96 valence electrons. The molecule has 1 atom stereocenters. The van der Waals surface area contributed by atoms with E-state index in [1.165, 1.54) is 0 Å². The fraction of sp³-hybridized carbons (Fsp3) is 0.667. The molecule has 0 aliphatic carbocycles. The second kappa shape index (κ2) is 5.31. The maximum Gasteiger partial charge on any atom is 0.236 e. The van der Waals surface area contributed by atoms with Gasteiger partial charge in [-0.2, -0.15) is 5.10 Å². The third-order valence-corrected chi connectivity index (χ3v) is 2.98. The summed E-state index contributed by atoms with van der Waals surface area (Å²) in [6, 6.07) is -0.169. The zero-order chi connectivity index (χ0) is 13.2. The Bertz CT molecular complexity index is 409. The topological polar surface area (TPSA) is 72.9 Å². The third kappa shape index (κ3) is 3.30. The van der Waals surface area contributed by atoms with Gasteiger partial charge in [-0.3, -0.25) is 9.48 Å². The van der Waals surface area contributed by atoms with Gasteiger partial charge in [0.25, 0.3) is 0 Å². The number of rotatable bonds is 5. The highest BCUT2D eigenvalue weighted by Crippen LogP contribution is 2.11. The smallest absolute Gasteiger partial charge is 0.236 e. The summed E-state index contributed by atoms with van der Waals surface area (Å²) < 4.78 is 1.84. The molecule has 17 heavy (non-hydrogen) atoms. The lowest BCUT2D eigenvalue weighted by Crippen LogP contribution is -2.47. The molecule has 0 aromatic carbocycles. The molecule has 1 amide bonds. The van der Waals surface area contributed by atoms with E-state index < -0.39 is 0 Å². The molecule has 0 saturated heterocycles. The number of amides is 1. The maximum atomic E-state index is 11.4. The molecule has 0 radical (unpaired) electrons. The van der Waals surface area contributed by atoms with Gasteiger partial charge in [0.15, 0.2) is 0 Å². The molecule has 1 heterocycles. The number of primary amides is 1. The van der Waals surface area contributed by atoms with Crippen LogP contribution in [-0.4, -0.2) is 27.8 Å². The lowest BCUT2D eigenvalue weighted by Gasteiger charge is -2.18. The van der Waals surface area contributed by atoms with Crippen molar-refractivity contribution in [3.8, 4) is 0 Å². The number of hydrogen-bond donors (Lipinski definition) is 2. The number of carbonyl (C=O) groups excluding carboxylic acids is 1. The number of nitrogens with two attached hydrogens (primary N) is 1. The Hall–Kier alpha value is -1.36. The first-order valence-electron chi connectivity index (χ1n) is 5.89. The average Bonchev–Trinajstić information content (AvgIpc) is 2.44. The fourth-order valence-electron chi connectivity index (χ4n) is 1.76. The Morgan fingerprint density at radius 2 is 2.00 bits per heavy atom. The van der Waals surface area contributed by atoms with Crippen molar-refractivity contribution in [3.63, 3.8) is 0 Å². The predicted octanol–water partition coefficient (Wildman–Crippen LogP) is 0.660. The Morgan fingerprint density at radius 3 is 2.35 bits per heavy atom. The summed E-state index contributed by atoms with van der Waals surface area (Å²) in [5.74, 6) is -0.344. The summed E-state index contributed by atoms with van der Waals surface area (Å²) in [6.07, 6.45) is 0. The van der Waals surface area contributed by atoms with E-state index in [1.807, 2.05) is 39.3 Å². The predicted molar refractivity (Wildman–Crippen MR) is 67.7 cm³/mol. The lowest BCUT2D eigenvalue weighted by molar-refractivity contribution is -0.120. The highest BCUT2D eigenvalue weighted by Gasteiger charge is 2.19. The average molecular weight is 238 g/mol. The van der Waals surface area contributed by atoms with E-state index in [-0.39, 0.29) is 18.0 Å². The van der Waals surface area contributed by atoms with Gasteiger partial charge in [-0.1, -0.05) is 13.8 Å². The molecule has 0 bridgehead atoms. The van der Waals surface area contributed by atoms with Crippen molar-refractivity contribution >= 4 is 5.91 Å². The molecule has 0 saturated carbocycles. The van der Waals surface area contributed by atoms with Crippen LogP contribution in [0.15, 0.2) is 0 Å². The van der Waals surface area contributed by atoms with Gasteiger partial charge in [0, 0.05) is 11.7 Å². The normalized spacial score (nSPS) is 13.1. The Kier molecular flexibility index (Phi) is 4.28. The molecule has 0 aliphatic rings. The zero-order valence-corrected chi connectivity index (χ0v) is 11.2. The first kappa shape index (κ1) is 13.7. The number of aromatic nitrogens is 2.